The van der Waals surface area contributed by atoms with Crippen LogP contribution in [0.2, 0.25) is 0 Å². The van der Waals surface area contributed by atoms with Gasteiger partial charge in [-0.3, -0.25) is 4.79 Å². The van der Waals surface area contributed by atoms with Gasteiger partial charge in [0.05, 0.1) is 6.10 Å². The van der Waals surface area contributed by atoms with E-state index >= 15 is 0 Å². The topological polar surface area (TPSA) is 49.3 Å². The van der Waals surface area contributed by atoms with Crippen molar-refractivity contribution in [1.82, 2.24) is 5.32 Å². The third-order valence-electron chi connectivity index (χ3n) is 3.41. The van der Waals surface area contributed by atoms with E-state index in [1.807, 2.05) is 20.8 Å². The minimum atomic E-state index is -0.521. The lowest BCUT2D eigenvalue weighted by molar-refractivity contribution is -0.121. The maximum absolute atomic E-state index is 11.8. The van der Waals surface area contributed by atoms with E-state index in [9.17, 15) is 9.90 Å². The molecule has 112 valence electrons. The Labute approximate surface area is 122 Å². The second-order valence-corrected chi connectivity index (χ2v) is 6.68. The molecule has 1 unspecified atom stereocenters. The fraction of sp³-hybridized carbons (Fsp3) is 0.588. The van der Waals surface area contributed by atoms with Gasteiger partial charge in [0.1, 0.15) is 0 Å². The van der Waals surface area contributed by atoms with Crippen molar-refractivity contribution in [3.63, 3.8) is 0 Å². The Morgan fingerprint density at radius 1 is 1.20 bits per heavy atom. The standard InChI is InChI=1S/C17H27NO2/c1-12-8-13(2)10-14(9-12)6-7-16(20)18-11-15(19)17(3,4)5/h8-10,15,19H,6-7,11H2,1-5H3,(H,18,20). The van der Waals surface area contributed by atoms with Gasteiger partial charge in [0, 0.05) is 13.0 Å². The number of amides is 1. The molecule has 0 aliphatic heterocycles. The Balaban J connectivity index is 2.40. The first-order chi connectivity index (χ1) is 9.18. The number of carbonyl (C=O) groups is 1. The molecule has 0 radical (unpaired) electrons. The summed E-state index contributed by atoms with van der Waals surface area (Å²) in [6, 6.07) is 6.36. The molecule has 0 bridgehead atoms. The van der Waals surface area contributed by atoms with E-state index in [4.69, 9.17) is 0 Å². The Morgan fingerprint density at radius 3 is 2.25 bits per heavy atom. The van der Waals surface area contributed by atoms with Crippen molar-refractivity contribution in [2.75, 3.05) is 6.54 Å². The summed E-state index contributed by atoms with van der Waals surface area (Å²) >= 11 is 0. The number of nitrogens with one attached hydrogen (secondary N) is 1. The summed E-state index contributed by atoms with van der Waals surface area (Å²) < 4.78 is 0. The minimum absolute atomic E-state index is 0.00698. The summed E-state index contributed by atoms with van der Waals surface area (Å²) in [5, 5.41) is 12.7. The van der Waals surface area contributed by atoms with Crippen molar-refractivity contribution in [3.05, 3.63) is 34.9 Å². The Bertz CT molecular complexity index is 440. The van der Waals surface area contributed by atoms with Crippen LogP contribution in [-0.2, 0) is 11.2 Å². The van der Waals surface area contributed by atoms with Crippen LogP contribution >= 0.6 is 0 Å². The summed E-state index contributed by atoms with van der Waals surface area (Å²) in [6.45, 7) is 10.3. The van der Waals surface area contributed by atoms with Gasteiger partial charge in [-0.1, -0.05) is 50.1 Å². The van der Waals surface area contributed by atoms with E-state index in [0.29, 0.717) is 13.0 Å². The quantitative estimate of drug-likeness (QED) is 0.869. The number of carbonyl (C=O) groups excluding carboxylic acids is 1. The number of aliphatic hydroxyl groups excluding tert-OH is 1. The van der Waals surface area contributed by atoms with Crippen LogP contribution in [0.5, 0.6) is 0 Å². The molecule has 1 rings (SSSR count). The zero-order valence-electron chi connectivity index (χ0n) is 13.3. The molecule has 1 aromatic carbocycles. The highest BCUT2D eigenvalue weighted by Crippen LogP contribution is 2.18. The average molecular weight is 277 g/mol. The van der Waals surface area contributed by atoms with Crippen LogP contribution in [0.25, 0.3) is 0 Å². The summed E-state index contributed by atoms with van der Waals surface area (Å²) in [5.41, 5.74) is 3.43. The molecule has 0 spiro atoms. The molecule has 0 saturated carbocycles. The van der Waals surface area contributed by atoms with Gasteiger partial charge in [0.15, 0.2) is 0 Å². The highest BCUT2D eigenvalue weighted by Gasteiger charge is 2.22. The number of hydrogen-bond donors (Lipinski definition) is 2. The first kappa shape index (κ1) is 16.7. The van der Waals surface area contributed by atoms with Gasteiger partial charge in [-0.15, -0.1) is 0 Å². The Hall–Kier alpha value is -1.35. The molecule has 1 aromatic rings. The van der Waals surface area contributed by atoms with Crippen molar-refractivity contribution in [2.45, 2.75) is 53.6 Å². The van der Waals surface area contributed by atoms with Crippen molar-refractivity contribution in [1.29, 1.82) is 0 Å². The molecular formula is C17H27NO2. The van der Waals surface area contributed by atoms with Crippen molar-refractivity contribution in [3.8, 4) is 0 Å². The molecular weight excluding hydrogens is 250 g/mol. The maximum atomic E-state index is 11.8. The first-order valence-corrected chi connectivity index (χ1v) is 7.20. The SMILES string of the molecule is Cc1cc(C)cc(CCC(=O)NCC(O)C(C)(C)C)c1. The second kappa shape index (κ2) is 6.89. The predicted octanol–water partition coefficient (Wildman–Crippen LogP) is 2.76. The number of hydrogen-bond acceptors (Lipinski definition) is 2. The van der Waals surface area contributed by atoms with E-state index < -0.39 is 6.10 Å². The smallest absolute Gasteiger partial charge is 0.220 e. The monoisotopic (exact) mass is 277 g/mol. The van der Waals surface area contributed by atoms with Crippen LogP contribution in [-0.4, -0.2) is 23.7 Å². The fourth-order valence-electron chi connectivity index (χ4n) is 2.08. The van der Waals surface area contributed by atoms with Crippen LogP contribution in [0, 0.1) is 19.3 Å². The normalized spacial score (nSPS) is 13.1. The number of aliphatic hydroxyl groups is 1. The molecule has 3 heteroatoms. The molecule has 1 atom stereocenters. The fourth-order valence-corrected chi connectivity index (χ4v) is 2.08. The molecule has 0 heterocycles. The van der Waals surface area contributed by atoms with E-state index in [2.05, 4.69) is 37.4 Å². The maximum Gasteiger partial charge on any atom is 0.220 e. The summed E-state index contributed by atoms with van der Waals surface area (Å²) in [5.74, 6) is -0.00698. The van der Waals surface area contributed by atoms with Gasteiger partial charge in [0.25, 0.3) is 0 Å². The zero-order valence-corrected chi connectivity index (χ0v) is 13.3. The van der Waals surface area contributed by atoms with Gasteiger partial charge in [0.2, 0.25) is 5.91 Å². The summed E-state index contributed by atoms with van der Waals surface area (Å²) in [7, 11) is 0. The average Bonchev–Trinajstić information content (AvgIpc) is 2.31. The Kier molecular flexibility index (Phi) is 5.75. The van der Waals surface area contributed by atoms with E-state index in [1.54, 1.807) is 0 Å². The number of benzene rings is 1. The molecule has 1 amide bonds. The molecule has 3 nitrogen and oxygen atoms in total. The molecule has 0 aromatic heterocycles. The van der Waals surface area contributed by atoms with E-state index in [1.165, 1.54) is 16.7 Å². The summed E-state index contributed by atoms with van der Waals surface area (Å²) in [4.78, 5) is 11.8. The molecule has 0 fully saturated rings. The molecule has 0 aliphatic rings. The zero-order chi connectivity index (χ0) is 15.3. The summed E-state index contributed by atoms with van der Waals surface area (Å²) in [6.07, 6.45) is 0.673. The molecule has 2 N–H and O–H groups in total. The molecule has 0 saturated heterocycles. The van der Waals surface area contributed by atoms with Gasteiger partial charge in [-0.05, 0) is 31.2 Å². The van der Waals surface area contributed by atoms with Crippen LogP contribution < -0.4 is 5.32 Å². The first-order valence-electron chi connectivity index (χ1n) is 7.20. The van der Waals surface area contributed by atoms with Crippen molar-refractivity contribution < 1.29 is 9.90 Å². The minimum Gasteiger partial charge on any atom is -0.391 e. The van der Waals surface area contributed by atoms with Gasteiger partial charge < -0.3 is 10.4 Å². The number of rotatable bonds is 5. The van der Waals surface area contributed by atoms with Gasteiger partial charge >= 0.3 is 0 Å². The third-order valence-corrected chi connectivity index (χ3v) is 3.41. The second-order valence-electron chi connectivity index (χ2n) is 6.68. The lowest BCUT2D eigenvalue weighted by Gasteiger charge is -2.25. The third kappa shape index (κ3) is 5.74. The van der Waals surface area contributed by atoms with E-state index in [0.717, 1.165) is 6.42 Å². The van der Waals surface area contributed by atoms with Crippen molar-refractivity contribution in [2.24, 2.45) is 5.41 Å². The van der Waals surface area contributed by atoms with Crippen LogP contribution in [0.1, 0.15) is 43.9 Å². The van der Waals surface area contributed by atoms with E-state index in [-0.39, 0.29) is 11.3 Å². The lowest BCUT2D eigenvalue weighted by Crippen LogP contribution is -2.39. The lowest BCUT2D eigenvalue weighted by atomic mass is 9.89. The van der Waals surface area contributed by atoms with Gasteiger partial charge in [-0.2, -0.15) is 0 Å². The largest absolute Gasteiger partial charge is 0.391 e. The number of aryl methyl sites for hydroxylation is 3. The Morgan fingerprint density at radius 2 is 1.75 bits per heavy atom. The van der Waals surface area contributed by atoms with Crippen LogP contribution in [0.15, 0.2) is 18.2 Å². The van der Waals surface area contributed by atoms with Crippen molar-refractivity contribution >= 4 is 5.91 Å². The van der Waals surface area contributed by atoms with Gasteiger partial charge in [-0.25, -0.2) is 0 Å². The molecule has 0 aliphatic carbocycles. The van der Waals surface area contributed by atoms with Crippen LogP contribution in [0.3, 0.4) is 0 Å². The highest BCUT2D eigenvalue weighted by atomic mass is 16.3. The highest BCUT2D eigenvalue weighted by molar-refractivity contribution is 5.76. The molecule has 20 heavy (non-hydrogen) atoms. The predicted molar refractivity (Wildman–Crippen MR) is 82.7 cm³/mol. The van der Waals surface area contributed by atoms with Crippen LogP contribution in [0.4, 0.5) is 0 Å².